The van der Waals surface area contributed by atoms with E-state index in [1.165, 1.54) is 0 Å². The molecule has 1 rings (SSSR count). The van der Waals surface area contributed by atoms with E-state index in [1.54, 1.807) is 4.90 Å². The first-order chi connectivity index (χ1) is 8.79. The lowest BCUT2D eigenvalue weighted by molar-refractivity contribution is -0.146. The van der Waals surface area contributed by atoms with Crippen molar-refractivity contribution >= 4 is 11.9 Å². The SMILES string of the molecule is CC(C)(C)CCCC(=O)N1CCOCC1CC(=O)O. The second-order valence-electron chi connectivity index (χ2n) is 6.33. The Labute approximate surface area is 114 Å². The molecule has 1 unspecified atom stereocenters. The van der Waals surface area contributed by atoms with Gasteiger partial charge in [0.2, 0.25) is 5.91 Å². The summed E-state index contributed by atoms with van der Waals surface area (Å²) in [6, 6.07) is -0.312. The normalized spacial score (nSPS) is 20.4. The zero-order valence-corrected chi connectivity index (χ0v) is 12.1. The molecule has 0 radical (unpaired) electrons. The third kappa shape index (κ3) is 6.05. The van der Waals surface area contributed by atoms with Gasteiger partial charge >= 0.3 is 5.97 Å². The van der Waals surface area contributed by atoms with Crippen LogP contribution in [-0.4, -0.2) is 47.7 Å². The van der Waals surface area contributed by atoms with Crippen molar-refractivity contribution in [2.75, 3.05) is 19.8 Å². The Bertz CT molecular complexity index is 322. The molecule has 1 aliphatic heterocycles. The highest BCUT2D eigenvalue weighted by atomic mass is 16.5. The second kappa shape index (κ2) is 6.89. The topological polar surface area (TPSA) is 66.8 Å². The minimum Gasteiger partial charge on any atom is -0.481 e. The van der Waals surface area contributed by atoms with Crippen molar-refractivity contribution in [3.8, 4) is 0 Å². The van der Waals surface area contributed by atoms with E-state index < -0.39 is 5.97 Å². The number of ether oxygens (including phenoxy) is 1. The van der Waals surface area contributed by atoms with Crippen LogP contribution < -0.4 is 0 Å². The van der Waals surface area contributed by atoms with Gasteiger partial charge in [-0.1, -0.05) is 20.8 Å². The second-order valence-corrected chi connectivity index (χ2v) is 6.33. The maximum absolute atomic E-state index is 12.2. The average Bonchev–Trinajstić information content (AvgIpc) is 2.27. The number of nitrogens with zero attached hydrogens (tertiary/aromatic N) is 1. The molecule has 1 fully saturated rings. The lowest BCUT2D eigenvalue weighted by Gasteiger charge is -2.35. The summed E-state index contributed by atoms with van der Waals surface area (Å²) in [7, 11) is 0. The number of carboxylic acid groups (broad SMARTS) is 1. The predicted molar refractivity (Wildman–Crippen MR) is 71.9 cm³/mol. The van der Waals surface area contributed by atoms with Crippen LogP contribution in [-0.2, 0) is 14.3 Å². The third-order valence-corrected chi connectivity index (χ3v) is 3.28. The Hall–Kier alpha value is -1.10. The van der Waals surface area contributed by atoms with Crippen LogP contribution in [0.4, 0.5) is 0 Å². The van der Waals surface area contributed by atoms with E-state index in [2.05, 4.69) is 20.8 Å². The van der Waals surface area contributed by atoms with Crippen molar-refractivity contribution in [1.82, 2.24) is 4.90 Å². The summed E-state index contributed by atoms with van der Waals surface area (Å²) in [6.45, 7) is 7.79. The number of aliphatic carboxylic acids is 1. The first-order valence-electron chi connectivity index (χ1n) is 6.88. The van der Waals surface area contributed by atoms with Crippen LogP contribution in [0.1, 0.15) is 46.5 Å². The lowest BCUT2D eigenvalue weighted by atomic mass is 9.90. The zero-order valence-electron chi connectivity index (χ0n) is 12.1. The Morgan fingerprint density at radius 1 is 1.37 bits per heavy atom. The maximum atomic E-state index is 12.2. The molecule has 19 heavy (non-hydrogen) atoms. The molecule has 110 valence electrons. The molecule has 0 saturated carbocycles. The molecule has 0 aromatic rings. The predicted octanol–water partition coefficient (Wildman–Crippen LogP) is 1.90. The summed E-state index contributed by atoms with van der Waals surface area (Å²) in [5.41, 5.74) is 0.228. The number of amides is 1. The molecular weight excluding hydrogens is 246 g/mol. The summed E-state index contributed by atoms with van der Waals surface area (Å²) in [5.74, 6) is -0.832. The Balaban J connectivity index is 2.45. The molecule has 5 heteroatoms. The minimum absolute atomic E-state index is 0.0367. The number of rotatable bonds is 5. The van der Waals surface area contributed by atoms with Crippen LogP contribution in [0.15, 0.2) is 0 Å². The quantitative estimate of drug-likeness (QED) is 0.829. The van der Waals surface area contributed by atoms with E-state index in [0.717, 1.165) is 12.8 Å². The van der Waals surface area contributed by atoms with Crippen LogP contribution in [0.3, 0.4) is 0 Å². The number of hydrogen-bond acceptors (Lipinski definition) is 3. The fourth-order valence-corrected chi connectivity index (χ4v) is 2.27. The van der Waals surface area contributed by atoms with Crippen molar-refractivity contribution < 1.29 is 19.4 Å². The van der Waals surface area contributed by atoms with Gasteiger partial charge in [-0.3, -0.25) is 9.59 Å². The fourth-order valence-electron chi connectivity index (χ4n) is 2.27. The van der Waals surface area contributed by atoms with Crippen molar-refractivity contribution in [2.24, 2.45) is 5.41 Å². The van der Waals surface area contributed by atoms with E-state index >= 15 is 0 Å². The standard InChI is InChI=1S/C14H25NO4/c1-14(2,3)6-4-5-12(16)15-7-8-19-10-11(15)9-13(17)18/h11H,4-10H2,1-3H3,(H,17,18). The van der Waals surface area contributed by atoms with Gasteiger partial charge in [0, 0.05) is 13.0 Å². The molecule has 1 heterocycles. The summed E-state index contributed by atoms with van der Waals surface area (Å²) in [4.78, 5) is 24.6. The summed E-state index contributed by atoms with van der Waals surface area (Å²) < 4.78 is 5.26. The molecule has 1 amide bonds. The molecular formula is C14H25NO4. The number of morpholine rings is 1. The molecule has 0 spiro atoms. The maximum Gasteiger partial charge on any atom is 0.305 e. The number of carbonyl (C=O) groups is 2. The molecule has 0 bridgehead atoms. The molecule has 1 aliphatic rings. The molecule has 5 nitrogen and oxygen atoms in total. The van der Waals surface area contributed by atoms with E-state index in [9.17, 15) is 9.59 Å². The van der Waals surface area contributed by atoms with Crippen molar-refractivity contribution in [3.63, 3.8) is 0 Å². The van der Waals surface area contributed by atoms with Gasteiger partial charge in [0.1, 0.15) is 0 Å². The van der Waals surface area contributed by atoms with Crippen molar-refractivity contribution in [2.45, 2.75) is 52.5 Å². The smallest absolute Gasteiger partial charge is 0.305 e. The van der Waals surface area contributed by atoms with Gasteiger partial charge in [-0.05, 0) is 18.3 Å². The minimum atomic E-state index is -0.886. The van der Waals surface area contributed by atoms with Gasteiger partial charge in [0.25, 0.3) is 0 Å². The summed E-state index contributed by atoms with van der Waals surface area (Å²) >= 11 is 0. The van der Waals surface area contributed by atoms with E-state index in [1.807, 2.05) is 0 Å². The van der Waals surface area contributed by atoms with Gasteiger partial charge in [-0.25, -0.2) is 0 Å². The van der Waals surface area contributed by atoms with Crippen LogP contribution in [0, 0.1) is 5.41 Å². The molecule has 0 aromatic carbocycles. The summed E-state index contributed by atoms with van der Waals surface area (Å²) in [5, 5.41) is 8.85. The Morgan fingerprint density at radius 3 is 2.63 bits per heavy atom. The van der Waals surface area contributed by atoms with Crippen molar-refractivity contribution in [1.29, 1.82) is 0 Å². The first kappa shape index (κ1) is 16.0. The van der Waals surface area contributed by atoms with Gasteiger partial charge < -0.3 is 14.7 Å². The summed E-state index contributed by atoms with van der Waals surface area (Å²) in [6.07, 6.45) is 2.30. The fraction of sp³-hybridized carbons (Fsp3) is 0.857. The Morgan fingerprint density at radius 2 is 2.05 bits per heavy atom. The number of hydrogen-bond donors (Lipinski definition) is 1. The van der Waals surface area contributed by atoms with Gasteiger partial charge in [-0.15, -0.1) is 0 Å². The first-order valence-corrected chi connectivity index (χ1v) is 6.88. The number of carbonyl (C=O) groups excluding carboxylic acids is 1. The number of carboxylic acids is 1. The van der Waals surface area contributed by atoms with Crippen LogP contribution in [0.2, 0.25) is 0 Å². The van der Waals surface area contributed by atoms with Gasteiger partial charge in [0.15, 0.2) is 0 Å². The van der Waals surface area contributed by atoms with Crippen LogP contribution in [0.25, 0.3) is 0 Å². The van der Waals surface area contributed by atoms with Crippen LogP contribution in [0.5, 0.6) is 0 Å². The van der Waals surface area contributed by atoms with E-state index in [0.29, 0.717) is 26.2 Å². The van der Waals surface area contributed by atoms with E-state index in [-0.39, 0.29) is 23.8 Å². The monoisotopic (exact) mass is 271 g/mol. The highest BCUT2D eigenvalue weighted by Gasteiger charge is 2.28. The molecule has 0 aromatic heterocycles. The molecule has 1 saturated heterocycles. The lowest BCUT2D eigenvalue weighted by Crippen LogP contribution is -2.49. The average molecular weight is 271 g/mol. The van der Waals surface area contributed by atoms with Gasteiger partial charge in [-0.2, -0.15) is 0 Å². The highest BCUT2D eigenvalue weighted by molar-refractivity contribution is 5.77. The Kier molecular flexibility index (Phi) is 5.79. The largest absolute Gasteiger partial charge is 0.481 e. The third-order valence-electron chi connectivity index (χ3n) is 3.28. The van der Waals surface area contributed by atoms with Crippen molar-refractivity contribution in [3.05, 3.63) is 0 Å². The molecule has 0 aliphatic carbocycles. The van der Waals surface area contributed by atoms with Crippen LogP contribution >= 0.6 is 0 Å². The molecule has 1 atom stereocenters. The molecule has 1 N–H and O–H groups in total. The zero-order chi connectivity index (χ0) is 14.5. The highest BCUT2D eigenvalue weighted by Crippen LogP contribution is 2.22. The van der Waals surface area contributed by atoms with Gasteiger partial charge in [0.05, 0.1) is 25.7 Å². The van der Waals surface area contributed by atoms with E-state index in [4.69, 9.17) is 9.84 Å².